The summed E-state index contributed by atoms with van der Waals surface area (Å²) in [7, 11) is 5.02. The molecule has 0 aliphatic carbocycles. The van der Waals surface area contributed by atoms with E-state index in [0.29, 0.717) is 18.0 Å². The van der Waals surface area contributed by atoms with E-state index in [9.17, 15) is 4.79 Å². The molecule has 0 aromatic heterocycles. The molecule has 1 aromatic rings. The van der Waals surface area contributed by atoms with Crippen LogP contribution < -0.4 is 15.2 Å². The number of nitrogens with zero attached hydrogens (tertiary/aromatic N) is 1. The van der Waals surface area contributed by atoms with E-state index in [4.69, 9.17) is 15.2 Å². The fourth-order valence-electron chi connectivity index (χ4n) is 2.19. The van der Waals surface area contributed by atoms with Crippen molar-refractivity contribution >= 4 is 5.91 Å². The van der Waals surface area contributed by atoms with Crippen molar-refractivity contribution in [1.29, 1.82) is 0 Å². The zero-order valence-corrected chi connectivity index (χ0v) is 14.3. The number of rotatable bonds is 8. The molecule has 1 rings (SSSR count). The van der Waals surface area contributed by atoms with Gasteiger partial charge in [-0.3, -0.25) is 4.79 Å². The van der Waals surface area contributed by atoms with E-state index >= 15 is 0 Å². The number of hydrogen-bond donors (Lipinski definition) is 1. The Morgan fingerprint density at radius 2 is 1.91 bits per heavy atom. The summed E-state index contributed by atoms with van der Waals surface area (Å²) >= 11 is 0. The minimum absolute atomic E-state index is 0.00479. The normalized spacial score (nSPS) is 13.4. The number of likely N-dealkylation sites (N-methyl/N-ethyl adjacent to an activating group) is 1. The maximum absolute atomic E-state index is 12.2. The molecule has 0 spiro atoms. The van der Waals surface area contributed by atoms with Gasteiger partial charge in [0, 0.05) is 13.6 Å². The third-order valence-electron chi connectivity index (χ3n) is 4.10. The molecule has 0 heterocycles. The SMILES string of the molecule is CC[C@H](C)[C@@H](N)C(=O)N(C)CCc1ccc(OC)c(OC)c1. The minimum atomic E-state index is -0.430. The first-order valence-corrected chi connectivity index (χ1v) is 7.66. The standard InChI is InChI=1S/C17H28N2O3/c1-6-12(2)16(18)17(20)19(3)10-9-13-7-8-14(21-4)15(11-13)22-5/h7-8,11-12,16H,6,9-10,18H2,1-5H3/t12-,16+/m0/s1. The number of benzene rings is 1. The summed E-state index contributed by atoms with van der Waals surface area (Å²) in [5.41, 5.74) is 7.09. The third-order valence-corrected chi connectivity index (χ3v) is 4.10. The van der Waals surface area contributed by atoms with Crippen LogP contribution in [0.1, 0.15) is 25.8 Å². The van der Waals surface area contributed by atoms with Gasteiger partial charge in [0.1, 0.15) is 0 Å². The highest BCUT2D eigenvalue weighted by Crippen LogP contribution is 2.27. The summed E-state index contributed by atoms with van der Waals surface area (Å²) in [6, 6.07) is 5.36. The van der Waals surface area contributed by atoms with Crippen molar-refractivity contribution < 1.29 is 14.3 Å². The van der Waals surface area contributed by atoms with E-state index in [1.807, 2.05) is 32.0 Å². The number of amides is 1. The highest BCUT2D eigenvalue weighted by Gasteiger charge is 2.22. The second-order valence-corrected chi connectivity index (χ2v) is 5.61. The number of ether oxygens (including phenoxy) is 2. The average molecular weight is 308 g/mol. The van der Waals surface area contributed by atoms with Gasteiger partial charge in [-0.15, -0.1) is 0 Å². The predicted molar refractivity (Wildman–Crippen MR) is 88.3 cm³/mol. The fraction of sp³-hybridized carbons (Fsp3) is 0.588. The molecule has 2 N–H and O–H groups in total. The summed E-state index contributed by atoms with van der Waals surface area (Å²) in [5.74, 6) is 1.59. The van der Waals surface area contributed by atoms with Crippen LogP contribution in [-0.2, 0) is 11.2 Å². The van der Waals surface area contributed by atoms with Crippen molar-refractivity contribution in [3.05, 3.63) is 23.8 Å². The summed E-state index contributed by atoms with van der Waals surface area (Å²) in [6.45, 7) is 4.67. The van der Waals surface area contributed by atoms with Crippen LogP contribution in [0.3, 0.4) is 0 Å². The van der Waals surface area contributed by atoms with Crippen LogP contribution >= 0.6 is 0 Å². The average Bonchev–Trinajstić information content (AvgIpc) is 2.56. The van der Waals surface area contributed by atoms with E-state index in [-0.39, 0.29) is 11.8 Å². The molecule has 0 aliphatic rings. The van der Waals surface area contributed by atoms with E-state index in [0.717, 1.165) is 18.4 Å². The summed E-state index contributed by atoms with van der Waals surface area (Å²) in [6.07, 6.45) is 1.65. The zero-order chi connectivity index (χ0) is 16.7. The van der Waals surface area contributed by atoms with Gasteiger partial charge < -0.3 is 20.1 Å². The van der Waals surface area contributed by atoms with Gasteiger partial charge in [-0.25, -0.2) is 0 Å². The van der Waals surface area contributed by atoms with E-state index < -0.39 is 6.04 Å². The lowest BCUT2D eigenvalue weighted by Gasteiger charge is -2.24. The van der Waals surface area contributed by atoms with Crippen LogP contribution in [0, 0.1) is 5.92 Å². The Labute approximate surface area is 133 Å². The first-order chi connectivity index (χ1) is 10.4. The van der Waals surface area contributed by atoms with Gasteiger partial charge in [0.15, 0.2) is 11.5 Å². The predicted octanol–water partition coefficient (Wildman–Crippen LogP) is 2.08. The monoisotopic (exact) mass is 308 g/mol. The lowest BCUT2D eigenvalue weighted by atomic mass is 9.99. The first-order valence-electron chi connectivity index (χ1n) is 7.66. The second-order valence-electron chi connectivity index (χ2n) is 5.61. The Hall–Kier alpha value is -1.75. The van der Waals surface area contributed by atoms with E-state index in [1.165, 1.54) is 0 Å². The molecule has 5 heteroatoms. The maximum Gasteiger partial charge on any atom is 0.239 e. The van der Waals surface area contributed by atoms with Gasteiger partial charge in [0.05, 0.1) is 20.3 Å². The Balaban J connectivity index is 2.64. The number of nitrogens with two attached hydrogens (primary N) is 1. The summed E-state index contributed by atoms with van der Waals surface area (Å²) in [5, 5.41) is 0. The maximum atomic E-state index is 12.2. The minimum Gasteiger partial charge on any atom is -0.493 e. The van der Waals surface area contributed by atoms with Gasteiger partial charge in [-0.1, -0.05) is 26.3 Å². The smallest absolute Gasteiger partial charge is 0.239 e. The fourth-order valence-corrected chi connectivity index (χ4v) is 2.19. The molecule has 1 aromatic carbocycles. The molecule has 0 unspecified atom stereocenters. The van der Waals surface area contributed by atoms with Crippen molar-refractivity contribution in [2.75, 3.05) is 27.8 Å². The van der Waals surface area contributed by atoms with Crippen molar-refractivity contribution in [1.82, 2.24) is 4.90 Å². The van der Waals surface area contributed by atoms with Gasteiger partial charge in [0.2, 0.25) is 5.91 Å². The second kappa shape index (κ2) is 8.63. The largest absolute Gasteiger partial charge is 0.493 e. The lowest BCUT2D eigenvalue weighted by Crippen LogP contribution is -2.46. The van der Waals surface area contributed by atoms with Gasteiger partial charge in [-0.2, -0.15) is 0 Å². The molecule has 5 nitrogen and oxygen atoms in total. The number of hydrogen-bond acceptors (Lipinski definition) is 4. The highest BCUT2D eigenvalue weighted by molar-refractivity contribution is 5.81. The summed E-state index contributed by atoms with van der Waals surface area (Å²) in [4.78, 5) is 13.9. The zero-order valence-electron chi connectivity index (χ0n) is 14.3. The van der Waals surface area contributed by atoms with E-state index in [2.05, 4.69) is 0 Å². The Bertz CT molecular complexity index is 491. The van der Waals surface area contributed by atoms with Crippen LogP contribution in [0.15, 0.2) is 18.2 Å². The quantitative estimate of drug-likeness (QED) is 0.798. The topological polar surface area (TPSA) is 64.8 Å². The lowest BCUT2D eigenvalue weighted by molar-refractivity contribution is -0.132. The molecule has 0 fully saturated rings. The van der Waals surface area contributed by atoms with Crippen LogP contribution in [0.2, 0.25) is 0 Å². The Morgan fingerprint density at radius 1 is 1.27 bits per heavy atom. The molecule has 0 bridgehead atoms. The third kappa shape index (κ3) is 4.63. The molecule has 0 saturated heterocycles. The molecule has 0 saturated carbocycles. The molecule has 2 atom stereocenters. The Kier molecular flexibility index (Phi) is 7.18. The number of carbonyl (C=O) groups excluding carboxylic acids is 1. The van der Waals surface area contributed by atoms with Crippen LogP contribution in [0.5, 0.6) is 11.5 Å². The number of carbonyl (C=O) groups is 1. The summed E-state index contributed by atoms with van der Waals surface area (Å²) < 4.78 is 10.5. The van der Waals surface area contributed by atoms with Crippen molar-refractivity contribution in [2.45, 2.75) is 32.7 Å². The molecule has 1 amide bonds. The molecular weight excluding hydrogens is 280 g/mol. The first kappa shape index (κ1) is 18.3. The van der Waals surface area contributed by atoms with Crippen LogP contribution in [-0.4, -0.2) is 44.7 Å². The van der Waals surface area contributed by atoms with Gasteiger partial charge in [-0.05, 0) is 30.0 Å². The molecule has 0 radical (unpaired) electrons. The molecule has 0 aliphatic heterocycles. The van der Waals surface area contributed by atoms with Gasteiger partial charge >= 0.3 is 0 Å². The van der Waals surface area contributed by atoms with Crippen molar-refractivity contribution in [2.24, 2.45) is 11.7 Å². The van der Waals surface area contributed by atoms with Gasteiger partial charge in [0.25, 0.3) is 0 Å². The van der Waals surface area contributed by atoms with Crippen LogP contribution in [0.4, 0.5) is 0 Å². The molecule has 22 heavy (non-hydrogen) atoms. The number of methoxy groups -OCH3 is 2. The highest BCUT2D eigenvalue weighted by atomic mass is 16.5. The van der Waals surface area contributed by atoms with E-state index in [1.54, 1.807) is 26.2 Å². The van der Waals surface area contributed by atoms with Crippen LogP contribution in [0.25, 0.3) is 0 Å². The molecular formula is C17H28N2O3. The van der Waals surface area contributed by atoms with Crippen molar-refractivity contribution in [3.63, 3.8) is 0 Å². The molecule has 124 valence electrons. The Morgan fingerprint density at radius 3 is 2.45 bits per heavy atom. The van der Waals surface area contributed by atoms with Crippen molar-refractivity contribution in [3.8, 4) is 11.5 Å².